The van der Waals surface area contributed by atoms with Gasteiger partial charge in [-0.1, -0.05) is 6.07 Å². The number of ether oxygens (including phenoxy) is 3. The summed E-state index contributed by atoms with van der Waals surface area (Å²) in [6.45, 7) is 0.464. The minimum Gasteiger partial charge on any atom is -0.504 e. The van der Waals surface area contributed by atoms with Gasteiger partial charge in [-0.05, 0) is 47.9 Å². The molecule has 1 aliphatic rings. The highest BCUT2D eigenvalue weighted by molar-refractivity contribution is 6.17. The minimum absolute atomic E-state index is 0.0217. The summed E-state index contributed by atoms with van der Waals surface area (Å²) in [4.78, 5) is 13.4. The lowest BCUT2D eigenvalue weighted by atomic mass is 9.91. The van der Waals surface area contributed by atoms with Crippen LogP contribution in [0.3, 0.4) is 0 Å². The predicted molar refractivity (Wildman–Crippen MR) is 137 cm³/mol. The normalized spacial score (nSPS) is 12.4. The Kier molecular flexibility index (Phi) is 4.98. The first-order valence-corrected chi connectivity index (χ1v) is 11.5. The summed E-state index contributed by atoms with van der Waals surface area (Å²) in [6.07, 6.45) is 0.568. The van der Waals surface area contributed by atoms with E-state index in [-0.39, 0.29) is 34.3 Å². The molecule has 0 saturated heterocycles. The van der Waals surface area contributed by atoms with Crippen LogP contribution in [0, 0.1) is 0 Å². The molecule has 9 nitrogen and oxygen atoms in total. The lowest BCUT2D eigenvalue weighted by Crippen LogP contribution is -2.14. The molecule has 9 heteroatoms. The second-order valence-corrected chi connectivity index (χ2v) is 8.83. The van der Waals surface area contributed by atoms with Crippen LogP contribution in [0.5, 0.6) is 34.5 Å². The Morgan fingerprint density at radius 2 is 1.51 bits per heavy atom. The number of benzene rings is 3. The average molecular weight is 501 g/mol. The number of aryl methyl sites for hydroxylation is 2. The third-order valence-corrected chi connectivity index (χ3v) is 6.94. The standard InChI is InChI=1S/C28H23NO8/c1-34-21-9-14(4-5-17(21)30)24-25-16-11-23(36-3)19(32)12-20(16)37-28(33)27(25)29-7-6-13-8-18(31)22(35-2)10-15(13)26(24)29/h4-5,8-12,30-32H,6-7H2,1-3H3. The molecule has 0 radical (unpaired) electrons. The highest BCUT2D eigenvalue weighted by Gasteiger charge is 2.30. The van der Waals surface area contributed by atoms with Crippen LogP contribution in [0.1, 0.15) is 5.56 Å². The van der Waals surface area contributed by atoms with Crippen molar-refractivity contribution in [1.82, 2.24) is 4.57 Å². The number of aromatic hydroxyl groups is 3. The van der Waals surface area contributed by atoms with E-state index in [1.165, 1.54) is 33.5 Å². The van der Waals surface area contributed by atoms with Crippen molar-refractivity contribution in [1.29, 1.82) is 0 Å². The van der Waals surface area contributed by atoms with Gasteiger partial charge >= 0.3 is 5.63 Å². The summed E-state index contributed by atoms with van der Waals surface area (Å²) >= 11 is 0. The maximum absolute atomic E-state index is 13.4. The number of hydrogen-bond acceptors (Lipinski definition) is 8. The van der Waals surface area contributed by atoms with Crippen LogP contribution in [-0.2, 0) is 13.0 Å². The Hall–Kier alpha value is -4.79. The highest BCUT2D eigenvalue weighted by Crippen LogP contribution is 2.49. The second kappa shape index (κ2) is 8.12. The lowest BCUT2D eigenvalue weighted by Gasteiger charge is -2.22. The third kappa shape index (κ3) is 3.20. The number of aromatic nitrogens is 1. The fourth-order valence-electron chi connectivity index (χ4n) is 5.29. The van der Waals surface area contributed by atoms with Gasteiger partial charge in [-0.2, -0.15) is 0 Å². The average Bonchev–Trinajstić information content (AvgIpc) is 3.24. The molecule has 0 fully saturated rings. The summed E-state index contributed by atoms with van der Waals surface area (Å²) in [5.41, 5.74) is 3.81. The van der Waals surface area contributed by atoms with Gasteiger partial charge in [-0.25, -0.2) is 4.79 Å². The van der Waals surface area contributed by atoms with Crippen LogP contribution in [0.2, 0.25) is 0 Å². The predicted octanol–water partition coefficient (Wildman–Crippen LogP) is 4.78. The van der Waals surface area contributed by atoms with Crippen molar-refractivity contribution in [3.05, 3.63) is 58.4 Å². The van der Waals surface area contributed by atoms with Crippen LogP contribution in [0.15, 0.2) is 51.7 Å². The topological polar surface area (TPSA) is 124 Å². The first-order chi connectivity index (χ1) is 17.9. The Labute approximate surface area is 210 Å². The summed E-state index contributed by atoms with van der Waals surface area (Å²) in [5, 5.41) is 32.2. The SMILES string of the molecule is COc1cc(-c2c3n(c4c(=O)oc5cc(O)c(OC)cc5c24)CCc2cc(O)c(OC)cc2-3)ccc1O. The van der Waals surface area contributed by atoms with Crippen molar-refractivity contribution in [3.8, 4) is 56.9 Å². The summed E-state index contributed by atoms with van der Waals surface area (Å²) in [7, 11) is 4.39. The van der Waals surface area contributed by atoms with Gasteiger partial charge in [0, 0.05) is 34.5 Å². The molecule has 5 aromatic rings. The van der Waals surface area contributed by atoms with Gasteiger partial charge in [0.25, 0.3) is 0 Å². The van der Waals surface area contributed by atoms with Crippen LogP contribution in [0.25, 0.3) is 44.3 Å². The molecule has 0 saturated carbocycles. The molecule has 0 spiro atoms. The molecule has 3 N–H and O–H groups in total. The quantitative estimate of drug-likeness (QED) is 0.301. The Morgan fingerprint density at radius 3 is 2.24 bits per heavy atom. The Morgan fingerprint density at radius 1 is 0.838 bits per heavy atom. The lowest BCUT2D eigenvalue weighted by molar-refractivity contribution is 0.373. The van der Waals surface area contributed by atoms with Crippen molar-refractivity contribution < 1.29 is 33.9 Å². The molecule has 3 heterocycles. The zero-order valence-corrected chi connectivity index (χ0v) is 20.3. The molecule has 0 unspecified atom stereocenters. The number of hydrogen-bond donors (Lipinski definition) is 3. The van der Waals surface area contributed by atoms with E-state index in [4.69, 9.17) is 18.6 Å². The molecule has 37 heavy (non-hydrogen) atoms. The third-order valence-electron chi connectivity index (χ3n) is 6.94. The van der Waals surface area contributed by atoms with E-state index < -0.39 is 5.63 Å². The molecule has 3 aromatic carbocycles. The fourth-order valence-corrected chi connectivity index (χ4v) is 5.29. The van der Waals surface area contributed by atoms with E-state index in [0.29, 0.717) is 46.1 Å². The summed E-state index contributed by atoms with van der Waals surface area (Å²) in [6, 6.07) is 11.4. The molecule has 0 atom stereocenters. The number of fused-ring (bicyclic) bond motifs is 7. The maximum atomic E-state index is 13.4. The largest absolute Gasteiger partial charge is 0.504 e. The molecule has 2 aromatic heterocycles. The molecule has 6 rings (SSSR count). The van der Waals surface area contributed by atoms with Crippen molar-refractivity contribution in [2.45, 2.75) is 13.0 Å². The molecule has 0 bridgehead atoms. The van der Waals surface area contributed by atoms with Crippen molar-refractivity contribution >= 4 is 21.9 Å². The van der Waals surface area contributed by atoms with Crippen LogP contribution in [-0.4, -0.2) is 41.2 Å². The monoisotopic (exact) mass is 501 g/mol. The number of phenolic OH excluding ortho intramolecular Hbond substituents is 3. The van der Waals surface area contributed by atoms with Gasteiger partial charge in [-0.3, -0.25) is 0 Å². The zero-order chi connectivity index (χ0) is 26.0. The van der Waals surface area contributed by atoms with E-state index >= 15 is 0 Å². The van der Waals surface area contributed by atoms with E-state index in [2.05, 4.69) is 0 Å². The summed E-state index contributed by atoms with van der Waals surface area (Å²) < 4.78 is 23.7. The minimum atomic E-state index is -0.556. The van der Waals surface area contributed by atoms with Crippen LogP contribution >= 0.6 is 0 Å². The zero-order valence-electron chi connectivity index (χ0n) is 20.3. The Bertz CT molecular complexity index is 1800. The molecular formula is C28H23NO8. The van der Waals surface area contributed by atoms with Crippen LogP contribution in [0.4, 0.5) is 0 Å². The van der Waals surface area contributed by atoms with Gasteiger partial charge in [0.15, 0.2) is 34.5 Å². The first-order valence-electron chi connectivity index (χ1n) is 11.5. The summed E-state index contributed by atoms with van der Waals surface area (Å²) in [5.74, 6) is 0.658. The second-order valence-electron chi connectivity index (χ2n) is 8.83. The highest BCUT2D eigenvalue weighted by atomic mass is 16.5. The molecule has 0 aliphatic carbocycles. The van der Waals surface area contributed by atoms with E-state index in [0.717, 1.165) is 16.8 Å². The number of rotatable bonds is 4. The van der Waals surface area contributed by atoms with Crippen LogP contribution < -0.4 is 19.8 Å². The molecule has 0 amide bonds. The smallest absolute Gasteiger partial charge is 0.361 e. The van der Waals surface area contributed by atoms with Gasteiger partial charge in [-0.15, -0.1) is 0 Å². The molecule has 188 valence electrons. The van der Waals surface area contributed by atoms with Gasteiger partial charge in [0.05, 0.1) is 27.0 Å². The number of phenols is 3. The van der Waals surface area contributed by atoms with Crippen molar-refractivity contribution in [3.63, 3.8) is 0 Å². The molecular weight excluding hydrogens is 478 g/mol. The number of methoxy groups -OCH3 is 3. The maximum Gasteiger partial charge on any atom is 0.361 e. The van der Waals surface area contributed by atoms with Gasteiger partial charge in [0.1, 0.15) is 11.1 Å². The van der Waals surface area contributed by atoms with Crippen molar-refractivity contribution in [2.24, 2.45) is 0 Å². The van der Waals surface area contributed by atoms with E-state index in [1.54, 1.807) is 30.3 Å². The Balaban J connectivity index is 1.85. The van der Waals surface area contributed by atoms with Gasteiger partial charge < -0.3 is 38.5 Å². The van der Waals surface area contributed by atoms with E-state index in [1.807, 2.05) is 4.57 Å². The van der Waals surface area contributed by atoms with Gasteiger partial charge in [0.2, 0.25) is 0 Å². The first kappa shape index (κ1) is 22.7. The van der Waals surface area contributed by atoms with E-state index in [9.17, 15) is 20.1 Å². The fraction of sp³-hybridized carbons (Fsp3) is 0.179. The van der Waals surface area contributed by atoms with Crippen molar-refractivity contribution in [2.75, 3.05) is 21.3 Å². The molecule has 1 aliphatic heterocycles. The number of nitrogens with zero attached hydrogens (tertiary/aromatic N) is 1.